The van der Waals surface area contributed by atoms with Crippen molar-refractivity contribution in [3.8, 4) is 0 Å². The second kappa shape index (κ2) is 11.2. The van der Waals surface area contributed by atoms with Gasteiger partial charge < -0.3 is 19.3 Å². The van der Waals surface area contributed by atoms with Crippen LogP contribution < -0.4 is 0 Å². The predicted octanol–water partition coefficient (Wildman–Crippen LogP) is 4.08. The molecule has 1 saturated carbocycles. The Bertz CT molecular complexity index is 961. The lowest BCUT2D eigenvalue weighted by Gasteiger charge is -2.39. The Morgan fingerprint density at radius 3 is 1.50 bits per heavy atom. The first-order valence-corrected chi connectivity index (χ1v) is 10.9. The van der Waals surface area contributed by atoms with Crippen LogP contribution in [0.2, 0.25) is 0 Å². The fourth-order valence-electron chi connectivity index (χ4n) is 3.88. The van der Waals surface area contributed by atoms with E-state index in [1.165, 1.54) is 0 Å². The molecule has 166 valence electrons. The topological polar surface area (TPSA) is 65.0 Å². The van der Waals surface area contributed by atoms with Crippen LogP contribution in [-0.4, -0.2) is 35.3 Å². The molecule has 0 spiro atoms. The van der Waals surface area contributed by atoms with Crippen LogP contribution in [-0.2, 0) is 38.8 Å². The SMILES string of the molecule is O=C1C[C@@H](O)[C@H](OCc2ccccc2)[C@@H](OCc2ccccc2)[C@@H]1OCc1ccccc1. The van der Waals surface area contributed by atoms with Crippen molar-refractivity contribution in [1.82, 2.24) is 0 Å². The Morgan fingerprint density at radius 1 is 0.625 bits per heavy atom. The third-order valence-corrected chi connectivity index (χ3v) is 5.57. The number of hydrogen-bond acceptors (Lipinski definition) is 5. The van der Waals surface area contributed by atoms with Crippen molar-refractivity contribution in [2.24, 2.45) is 0 Å². The highest BCUT2D eigenvalue weighted by molar-refractivity contribution is 5.85. The minimum absolute atomic E-state index is 0.0237. The van der Waals surface area contributed by atoms with Crippen molar-refractivity contribution in [3.05, 3.63) is 108 Å². The average molecular weight is 433 g/mol. The summed E-state index contributed by atoms with van der Waals surface area (Å²) in [7, 11) is 0. The minimum atomic E-state index is -0.955. The van der Waals surface area contributed by atoms with E-state index in [1.807, 2.05) is 91.0 Å². The first-order chi connectivity index (χ1) is 15.7. The average Bonchev–Trinajstić information content (AvgIpc) is 2.83. The lowest BCUT2D eigenvalue weighted by atomic mass is 9.88. The van der Waals surface area contributed by atoms with Crippen LogP contribution in [0.4, 0.5) is 0 Å². The van der Waals surface area contributed by atoms with Gasteiger partial charge in [-0.05, 0) is 16.7 Å². The van der Waals surface area contributed by atoms with Crippen LogP contribution >= 0.6 is 0 Å². The number of aliphatic hydroxyl groups excluding tert-OH is 1. The zero-order chi connectivity index (χ0) is 22.2. The number of hydrogen-bond donors (Lipinski definition) is 1. The molecule has 4 rings (SSSR count). The van der Waals surface area contributed by atoms with Crippen molar-refractivity contribution < 1.29 is 24.1 Å². The Labute approximate surface area is 188 Å². The quantitative estimate of drug-likeness (QED) is 0.552. The molecule has 0 amide bonds. The van der Waals surface area contributed by atoms with Gasteiger partial charge in [-0.1, -0.05) is 91.0 Å². The van der Waals surface area contributed by atoms with Gasteiger partial charge in [0, 0.05) is 6.42 Å². The third kappa shape index (κ3) is 5.90. The van der Waals surface area contributed by atoms with E-state index >= 15 is 0 Å². The zero-order valence-electron chi connectivity index (χ0n) is 17.9. The molecule has 0 aromatic heterocycles. The first kappa shape index (κ1) is 22.4. The Kier molecular flexibility index (Phi) is 7.80. The monoisotopic (exact) mass is 432 g/mol. The summed E-state index contributed by atoms with van der Waals surface area (Å²) < 4.78 is 18.3. The van der Waals surface area contributed by atoms with Crippen molar-refractivity contribution >= 4 is 5.78 Å². The summed E-state index contributed by atoms with van der Waals surface area (Å²) >= 11 is 0. The van der Waals surface area contributed by atoms with E-state index in [1.54, 1.807) is 0 Å². The molecule has 4 atom stereocenters. The second-order valence-corrected chi connectivity index (χ2v) is 7.98. The van der Waals surface area contributed by atoms with Gasteiger partial charge in [-0.15, -0.1) is 0 Å². The van der Waals surface area contributed by atoms with Crippen molar-refractivity contribution in [3.63, 3.8) is 0 Å². The predicted molar refractivity (Wildman–Crippen MR) is 121 cm³/mol. The van der Waals surface area contributed by atoms with Gasteiger partial charge in [0.2, 0.25) is 0 Å². The minimum Gasteiger partial charge on any atom is -0.390 e. The molecule has 5 nitrogen and oxygen atoms in total. The van der Waals surface area contributed by atoms with Crippen LogP contribution in [0.15, 0.2) is 91.0 Å². The summed E-state index contributed by atoms with van der Waals surface area (Å²) in [6.07, 6.45) is -3.20. The summed E-state index contributed by atoms with van der Waals surface area (Å²) in [5.74, 6) is -0.175. The smallest absolute Gasteiger partial charge is 0.167 e. The third-order valence-electron chi connectivity index (χ3n) is 5.57. The lowest BCUT2D eigenvalue weighted by molar-refractivity contribution is -0.201. The molecular weight excluding hydrogens is 404 g/mol. The van der Waals surface area contributed by atoms with E-state index in [2.05, 4.69) is 0 Å². The van der Waals surface area contributed by atoms with Gasteiger partial charge in [0.05, 0.1) is 25.9 Å². The molecule has 3 aromatic rings. The summed E-state index contributed by atoms with van der Waals surface area (Å²) in [5, 5.41) is 10.7. The zero-order valence-corrected chi connectivity index (χ0v) is 17.9. The second-order valence-electron chi connectivity index (χ2n) is 7.98. The summed E-state index contributed by atoms with van der Waals surface area (Å²) in [5.41, 5.74) is 2.93. The molecule has 1 N–H and O–H groups in total. The molecule has 1 fully saturated rings. The normalized spacial score (nSPS) is 23.2. The number of Topliss-reactive ketones (excluding diaryl/α,β-unsaturated/α-hetero) is 1. The number of rotatable bonds is 9. The maximum atomic E-state index is 12.8. The van der Waals surface area contributed by atoms with Gasteiger partial charge in [0.1, 0.15) is 18.3 Å². The Hall–Kier alpha value is -2.83. The first-order valence-electron chi connectivity index (χ1n) is 10.9. The van der Waals surface area contributed by atoms with Gasteiger partial charge in [-0.25, -0.2) is 0 Å². The molecule has 1 aliphatic rings. The highest BCUT2D eigenvalue weighted by Crippen LogP contribution is 2.28. The number of ether oxygens (including phenoxy) is 3. The largest absolute Gasteiger partial charge is 0.390 e. The molecule has 0 aliphatic heterocycles. The van der Waals surface area contributed by atoms with Crippen LogP contribution in [0.5, 0.6) is 0 Å². The molecule has 0 unspecified atom stereocenters. The number of ketones is 1. The fraction of sp³-hybridized carbons (Fsp3) is 0.296. The number of carbonyl (C=O) groups is 1. The summed E-state index contributed by atoms with van der Waals surface area (Å²) in [6.45, 7) is 0.888. The number of carbonyl (C=O) groups excluding carboxylic acids is 1. The lowest BCUT2D eigenvalue weighted by Crippen LogP contribution is -2.57. The summed E-state index contributed by atoms with van der Waals surface area (Å²) in [4.78, 5) is 12.8. The highest BCUT2D eigenvalue weighted by Gasteiger charge is 2.46. The summed E-state index contributed by atoms with van der Waals surface area (Å²) in [6, 6.07) is 29.2. The Morgan fingerprint density at radius 2 is 1.03 bits per heavy atom. The molecule has 32 heavy (non-hydrogen) atoms. The van der Waals surface area contributed by atoms with E-state index < -0.39 is 24.4 Å². The van der Waals surface area contributed by atoms with E-state index in [-0.39, 0.29) is 18.8 Å². The van der Waals surface area contributed by atoms with Gasteiger partial charge in [0.25, 0.3) is 0 Å². The molecule has 0 saturated heterocycles. The van der Waals surface area contributed by atoms with Crippen molar-refractivity contribution in [2.75, 3.05) is 0 Å². The highest BCUT2D eigenvalue weighted by atomic mass is 16.6. The van der Waals surface area contributed by atoms with E-state index in [0.717, 1.165) is 16.7 Å². The van der Waals surface area contributed by atoms with Crippen LogP contribution in [0.25, 0.3) is 0 Å². The molecule has 1 aliphatic carbocycles. The fourth-order valence-corrected chi connectivity index (χ4v) is 3.88. The molecule has 0 bridgehead atoms. The van der Waals surface area contributed by atoms with Gasteiger partial charge in [-0.3, -0.25) is 4.79 Å². The van der Waals surface area contributed by atoms with Crippen LogP contribution in [0, 0.1) is 0 Å². The molecule has 3 aromatic carbocycles. The van der Waals surface area contributed by atoms with Gasteiger partial charge in [0.15, 0.2) is 5.78 Å². The maximum Gasteiger partial charge on any atom is 0.167 e. The number of aliphatic hydroxyl groups is 1. The molecule has 0 heterocycles. The van der Waals surface area contributed by atoms with E-state index in [9.17, 15) is 9.90 Å². The standard InChI is InChI=1S/C27H28O5/c28-23-16-24(29)26(31-18-21-12-6-2-7-13-21)27(32-19-22-14-8-3-9-15-22)25(23)30-17-20-10-4-1-5-11-20/h1-15,23,25-28H,16-19H2/t23-,25+,26-,27-/m1/s1. The van der Waals surface area contributed by atoms with E-state index in [0.29, 0.717) is 13.2 Å². The van der Waals surface area contributed by atoms with Crippen LogP contribution in [0.1, 0.15) is 23.1 Å². The van der Waals surface area contributed by atoms with Gasteiger partial charge >= 0.3 is 0 Å². The Balaban J connectivity index is 1.51. The van der Waals surface area contributed by atoms with Crippen molar-refractivity contribution in [1.29, 1.82) is 0 Å². The van der Waals surface area contributed by atoms with E-state index in [4.69, 9.17) is 14.2 Å². The number of benzene rings is 3. The maximum absolute atomic E-state index is 12.8. The molecule has 0 radical (unpaired) electrons. The van der Waals surface area contributed by atoms with Gasteiger partial charge in [-0.2, -0.15) is 0 Å². The van der Waals surface area contributed by atoms with Crippen LogP contribution in [0.3, 0.4) is 0 Å². The molecule has 5 heteroatoms. The molecular formula is C27H28O5. The van der Waals surface area contributed by atoms with Crippen molar-refractivity contribution in [2.45, 2.75) is 50.7 Å².